The van der Waals surface area contributed by atoms with Gasteiger partial charge >= 0.3 is 0 Å². The summed E-state index contributed by atoms with van der Waals surface area (Å²) >= 11 is 0. The normalized spacial score (nSPS) is 11.8. The lowest BCUT2D eigenvalue weighted by Crippen LogP contribution is -2.32. The Morgan fingerprint density at radius 3 is 2.59 bits per heavy atom. The van der Waals surface area contributed by atoms with Crippen LogP contribution in [0.4, 0.5) is 0 Å². The van der Waals surface area contributed by atoms with Crippen LogP contribution in [-0.4, -0.2) is 35.0 Å². The van der Waals surface area contributed by atoms with Crippen LogP contribution in [0.5, 0.6) is 0 Å². The number of rotatable bonds is 6. The summed E-state index contributed by atoms with van der Waals surface area (Å²) in [7, 11) is -3.85. The van der Waals surface area contributed by atoms with Gasteiger partial charge in [0.1, 0.15) is 5.82 Å². The lowest BCUT2D eigenvalue weighted by atomic mass is 10.2. The topological polar surface area (TPSA) is 100 Å². The summed E-state index contributed by atoms with van der Waals surface area (Å²) in [5.41, 5.74) is 0.510. The third-order valence-corrected chi connectivity index (χ3v) is 6.14. The first-order chi connectivity index (χ1) is 12.8. The zero-order chi connectivity index (χ0) is 19.6. The van der Waals surface area contributed by atoms with Gasteiger partial charge in [-0.05, 0) is 31.2 Å². The number of fused-ring (bicyclic) bond motifs is 1. The number of carbonyl (C=O) groups is 1. The van der Waals surface area contributed by atoms with E-state index in [0.717, 1.165) is 0 Å². The predicted octanol–water partition coefficient (Wildman–Crippen LogP) is 2.34. The Kier molecular flexibility index (Phi) is 5.20. The largest absolute Gasteiger partial charge is 0.309 e. The van der Waals surface area contributed by atoms with Crippen LogP contribution in [-0.2, 0) is 16.6 Å². The van der Waals surface area contributed by atoms with Gasteiger partial charge in [0.25, 0.3) is 5.56 Å². The molecule has 0 atom stereocenters. The maximum atomic E-state index is 13.0. The molecular formula is C19H19N3O4S. The standard InChI is InChI=1S/C19H19N3O4S/c1-3-22(27(25,26)15-8-6-7-14(11-15)13(2)23)12-18-20-17-10-5-4-9-16(17)19(24)21-18/h4-11H,3,12H2,1-2H3,(H,20,21,24). The molecular weight excluding hydrogens is 366 g/mol. The number of carbonyl (C=O) groups excluding carboxylic acids is 1. The molecule has 1 heterocycles. The Hall–Kier alpha value is -2.84. The number of H-pyrrole nitrogens is 1. The minimum atomic E-state index is -3.85. The minimum absolute atomic E-state index is 0.0280. The zero-order valence-electron chi connectivity index (χ0n) is 15.0. The van der Waals surface area contributed by atoms with Crippen molar-refractivity contribution in [2.75, 3.05) is 6.54 Å². The summed E-state index contributed by atoms with van der Waals surface area (Å²) in [4.78, 5) is 30.8. The second-order valence-electron chi connectivity index (χ2n) is 6.05. The predicted molar refractivity (Wildman–Crippen MR) is 102 cm³/mol. The van der Waals surface area contributed by atoms with E-state index in [0.29, 0.717) is 16.5 Å². The zero-order valence-corrected chi connectivity index (χ0v) is 15.8. The molecule has 1 N–H and O–H groups in total. The number of para-hydroxylation sites is 1. The van der Waals surface area contributed by atoms with Gasteiger partial charge in [-0.3, -0.25) is 9.59 Å². The van der Waals surface area contributed by atoms with Gasteiger partial charge in [-0.2, -0.15) is 4.31 Å². The summed E-state index contributed by atoms with van der Waals surface area (Å²) in [5.74, 6) is 0.0440. The van der Waals surface area contributed by atoms with Crippen LogP contribution in [0.1, 0.15) is 30.0 Å². The van der Waals surface area contributed by atoms with Crippen LogP contribution in [0, 0.1) is 0 Å². The van der Waals surface area contributed by atoms with Gasteiger partial charge < -0.3 is 4.98 Å². The van der Waals surface area contributed by atoms with E-state index in [1.165, 1.54) is 29.4 Å². The molecule has 0 fully saturated rings. The highest BCUT2D eigenvalue weighted by molar-refractivity contribution is 7.89. The Balaban J connectivity index is 1.98. The lowest BCUT2D eigenvalue weighted by molar-refractivity contribution is 0.101. The number of nitrogens with one attached hydrogen (secondary N) is 1. The lowest BCUT2D eigenvalue weighted by Gasteiger charge is -2.20. The average molecular weight is 385 g/mol. The van der Waals surface area contributed by atoms with Crippen LogP contribution in [0.3, 0.4) is 0 Å². The summed E-state index contributed by atoms with van der Waals surface area (Å²) in [6.07, 6.45) is 0. The average Bonchev–Trinajstić information content (AvgIpc) is 2.66. The van der Waals surface area contributed by atoms with E-state index in [1.54, 1.807) is 37.3 Å². The number of hydrogen-bond donors (Lipinski definition) is 1. The number of sulfonamides is 1. The molecule has 0 unspecified atom stereocenters. The van der Waals surface area contributed by atoms with Crippen molar-refractivity contribution < 1.29 is 13.2 Å². The third kappa shape index (κ3) is 3.81. The summed E-state index contributed by atoms with van der Waals surface area (Å²) in [5, 5.41) is 0.446. The molecule has 0 radical (unpaired) electrons. The molecule has 0 saturated carbocycles. The summed E-state index contributed by atoms with van der Waals surface area (Å²) in [6, 6.07) is 12.8. The molecule has 0 bridgehead atoms. The number of aromatic nitrogens is 2. The van der Waals surface area contributed by atoms with E-state index in [-0.39, 0.29) is 35.2 Å². The van der Waals surface area contributed by atoms with Crippen molar-refractivity contribution in [2.24, 2.45) is 0 Å². The fraction of sp³-hybridized carbons (Fsp3) is 0.211. The number of nitrogens with zero attached hydrogens (tertiary/aromatic N) is 2. The van der Waals surface area contributed by atoms with Gasteiger partial charge in [0, 0.05) is 12.1 Å². The molecule has 0 aliphatic heterocycles. The molecule has 8 heteroatoms. The van der Waals surface area contributed by atoms with Crippen LogP contribution in [0.2, 0.25) is 0 Å². The molecule has 0 aliphatic carbocycles. The molecule has 7 nitrogen and oxygen atoms in total. The second-order valence-corrected chi connectivity index (χ2v) is 7.98. The van der Waals surface area contributed by atoms with Gasteiger partial charge in [-0.1, -0.05) is 31.2 Å². The fourth-order valence-electron chi connectivity index (χ4n) is 2.77. The minimum Gasteiger partial charge on any atom is -0.309 e. The molecule has 0 spiro atoms. The first-order valence-electron chi connectivity index (χ1n) is 8.42. The molecule has 0 amide bonds. The van der Waals surface area contributed by atoms with Crippen molar-refractivity contribution in [3.8, 4) is 0 Å². The first-order valence-corrected chi connectivity index (χ1v) is 9.86. The molecule has 1 aromatic heterocycles. The smallest absolute Gasteiger partial charge is 0.258 e. The SMILES string of the molecule is CCN(Cc1nc2ccccc2c(=O)[nH]1)S(=O)(=O)c1cccc(C(C)=O)c1. The summed E-state index contributed by atoms with van der Waals surface area (Å²) in [6.45, 7) is 3.19. The second kappa shape index (κ2) is 7.42. The van der Waals surface area contributed by atoms with E-state index >= 15 is 0 Å². The number of Topliss-reactive ketones (excluding diaryl/α,β-unsaturated/α-hetero) is 1. The molecule has 0 saturated heterocycles. The Morgan fingerprint density at radius 1 is 1.15 bits per heavy atom. The number of benzene rings is 2. The number of ketones is 1. The van der Waals surface area contributed by atoms with Gasteiger partial charge in [0.2, 0.25) is 10.0 Å². The van der Waals surface area contributed by atoms with E-state index < -0.39 is 10.0 Å². The highest BCUT2D eigenvalue weighted by atomic mass is 32.2. The van der Waals surface area contributed by atoms with E-state index in [9.17, 15) is 18.0 Å². The van der Waals surface area contributed by atoms with Gasteiger partial charge in [-0.25, -0.2) is 13.4 Å². The maximum absolute atomic E-state index is 13.0. The molecule has 3 aromatic rings. The first kappa shape index (κ1) is 18.9. The highest BCUT2D eigenvalue weighted by Crippen LogP contribution is 2.19. The van der Waals surface area contributed by atoms with Crippen molar-refractivity contribution in [1.29, 1.82) is 0 Å². The van der Waals surface area contributed by atoms with Crippen molar-refractivity contribution in [2.45, 2.75) is 25.3 Å². The molecule has 2 aromatic carbocycles. The van der Waals surface area contributed by atoms with Crippen molar-refractivity contribution in [3.05, 3.63) is 70.3 Å². The Bertz CT molecular complexity index is 1170. The summed E-state index contributed by atoms with van der Waals surface area (Å²) < 4.78 is 27.2. The van der Waals surface area contributed by atoms with Crippen molar-refractivity contribution >= 4 is 26.7 Å². The van der Waals surface area contributed by atoms with Gasteiger partial charge in [-0.15, -0.1) is 0 Å². The molecule has 3 rings (SSSR count). The van der Waals surface area contributed by atoms with Crippen molar-refractivity contribution in [1.82, 2.24) is 14.3 Å². The van der Waals surface area contributed by atoms with Crippen molar-refractivity contribution in [3.63, 3.8) is 0 Å². The van der Waals surface area contributed by atoms with Crippen LogP contribution in [0.15, 0.2) is 58.2 Å². The van der Waals surface area contributed by atoms with E-state index in [1.807, 2.05) is 0 Å². The molecule has 27 heavy (non-hydrogen) atoms. The fourth-order valence-corrected chi connectivity index (χ4v) is 4.22. The monoisotopic (exact) mass is 385 g/mol. The Morgan fingerprint density at radius 2 is 1.89 bits per heavy atom. The third-order valence-electron chi connectivity index (χ3n) is 4.22. The van der Waals surface area contributed by atoms with E-state index in [2.05, 4.69) is 9.97 Å². The number of hydrogen-bond acceptors (Lipinski definition) is 5. The van der Waals surface area contributed by atoms with Crippen LogP contribution in [0.25, 0.3) is 10.9 Å². The number of aromatic amines is 1. The van der Waals surface area contributed by atoms with Gasteiger partial charge in [0.05, 0.1) is 22.3 Å². The Labute approximate surface area is 156 Å². The van der Waals surface area contributed by atoms with Gasteiger partial charge in [0.15, 0.2) is 5.78 Å². The molecule has 140 valence electrons. The van der Waals surface area contributed by atoms with E-state index in [4.69, 9.17) is 0 Å². The van der Waals surface area contributed by atoms with Crippen LogP contribution < -0.4 is 5.56 Å². The maximum Gasteiger partial charge on any atom is 0.258 e. The quantitative estimate of drug-likeness (QED) is 0.657. The molecule has 0 aliphatic rings. The van der Waals surface area contributed by atoms with Crippen LogP contribution >= 0.6 is 0 Å². The highest BCUT2D eigenvalue weighted by Gasteiger charge is 2.25.